The van der Waals surface area contributed by atoms with E-state index in [9.17, 15) is 0 Å². The van der Waals surface area contributed by atoms with Crippen LogP contribution in [0.15, 0.2) is 36.4 Å². The molecule has 0 aliphatic rings. The molecule has 0 saturated heterocycles. The summed E-state index contributed by atoms with van der Waals surface area (Å²) in [5.74, 6) is 2.00. The van der Waals surface area contributed by atoms with E-state index in [1.807, 2.05) is 30.3 Å². The van der Waals surface area contributed by atoms with Crippen molar-refractivity contribution in [3.8, 4) is 17.4 Å². The Morgan fingerprint density at radius 1 is 1.05 bits per heavy atom. The summed E-state index contributed by atoms with van der Waals surface area (Å²) in [6, 6.07) is 11.1. The van der Waals surface area contributed by atoms with E-state index in [4.69, 9.17) is 19.9 Å². The third-order valence-electron chi connectivity index (χ3n) is 2.79. The second-order valence-corrected chi connectivity index (χ2v) is 4.18. The molecular weight excluding hydrogens is 256 g/mol. The molecular formula is C15H18N2O3. The summed E-state index contributed by atoms with van der Waals surface area (Å²) >= 11 is 0. The maximum absolute atomic E-state index is 5.72. The van der Waals surface area contributed by atoms with Gasteiger partial charge in [0.1, 0.15) is 18.1 Å². The molecule has 106 valence electrons. The number of methoxy groups -OCH3 is 2. The van der Waals surface area contributed by atoms with Gasteiger partial charge in [-0.2, -0.15) is 0 Å². The van der Waals surface area contributed by atoms with Gasteiger partial charge in [0.05, 0.1) is 19.9 Å². The lowest BCUT2D eigenvalue weighted by Crippen LogP contribution is -2.02. The molecule has 0 spiro atoms. The predicted molar refractivity (Wildman–Crippen MR) is 76.0 cm³/mol. The van der Waals surface area contributed by atoms with Crippen molar-refractivity contribution in [2.75, 3.05) is 14.2 Å². The largest absolute Gasteiger partial charge is 0.497 e. The first-order chi connectivity index (χ1) is 9.75. The zero-order valence-corrected chi connectivity index (χ0v) is 11.6. The second kappa shape index (κ2) is 6.77. The smallest absolute Gasteiger partial charge is 0.213 e. The first-order valence-corrected chi connectivity index (χ1v) is 6.26. The van der Waals surface area contributed by atoms with Crippen molar-refractivity contribution in [2.45, 2.75) is 13.2 Å². The van der Waals surface area contributed by atoms with Gasteiger partial charge in [-0.15, -0.1) is 0 Å². The van der Waals surface area contributed by atoms with Crippen LogP contribution in [-0.2, 0) is 13.2 Å². The van der Waals surface area contributed by atoms with Crippen LogP contribution >= 0.6 is 0 Å². The number of hydrogen-bond acceptors (Lipinski definition) is 5. The van der Waals surface area contributed by atoms with Gasteiger partial charge in [0, 0.05) is 18.7 Å². The number of nitrogens with two attached hydrogens (primary N) is 1. The van der Waals surface area contributed by atoms with Gasteiger partial charge in [0.15, 0.2) is 0 Å². The minimum atomic E-state index is 0.356. The zero-order valence-electron chi connectivity index (χ0n) is 11.6. The van der Waals surface area contributed by atoms with Gasteiger partial charge >= 0.3 is 0 Å². The molecule has 0 aliphatic carbocycles. The molecule has 0 radical (unpaired) electrons. The average molecular weight is 274 g/mol. The average Bonchev–Trinajstić information content (AvgIpc) is 2.52. The maximum Gasteiger partial charge on any atom is 0.213 e. The highest BCUT2D eigenvalue weighted by Gasteiger charge is 2.03. The lowest BCUT2D eigenvalue weighted by atomic mass is 10.2. The SMILES string of the molecule is COc1cc(CN)cc(OCc2cccc(OC)n2)c1. The van der Waals surface area contributed by atoms with Crippen molar-refractivity contribution < 1.29 is 14.2 Å². The molecule has 0 aliphatic heterocycles. The Hall–Kier alpha value is -2.27. The molecule has 2 N–H and O–H groups in total. The molecule has 0 unspecified atom stereocenters. The lowest BCUT2D eigenvalue weighted by molar-refractivity contribution is 0.295. The molecule has 0 fully saturated rings. The summed E-state index contributed by atoms with van der Waals surface area (Å²) in [5, 5.41) is 0. The van der Waals surface area contributed by atoms with E-state index in [1.54, 1.807) is 20.3 Å². The molecule has 1 aromatic heterocycles. The van der Waals surface area contributed by atoms with Gasteiger partial charge in [-0.05, 0) is 23.8 Å². The number of ether oxygens (including phenoxy) is 3. The minimum Gasteiger partial charge on any atom is -0.497 e. The fourth-order valence-corrected chi connectivity index (χ4v) is 1.76. The molecule has 5 heteroatoms. The number of pyridine rings is 1. The van der Waals surface area contributed by atoms with Crippen molar-refractivity contribution in [2.24, 2.45) is 5.73 Å². The summed E-state index contributed by atoms with van der Waals surface area (Å²) < 4.78 is 16.0. The normalized spacial score (nSPS) is 10.2. The third kappa shape index (κ3) is 3.61. The molecule has 2 aromatic rings. The Morgan fingerprint density at radius 2 is 1.85 bits per heavy atom. The van der Waals surface area contributed by atoms with Crippen molar-refractivity contribution in [1.29, 1.82) is 0 Å². The Bertz CT molecular complexity index is 551. The molecule has 1 aromatic carbocycles. The van der Waals surface area contributed by atoms with Crippen LogP contribution in [0.25, 0.3) is 0 Å². The molecule has 1 heterocycles. The van der Waals surface area contributed by atoms with Gasteiger partial charge in [-0.3, -0.25) is 0 Å². The number of aromatic nitrogens is 1. The van der Waals surface area contributed by atoms with Crippen LogP contribution in [0.3, 0.4) is 0 Å². The molecule has 0 amide bonds. The quantitative estimate of drug-likeness (QED) is 0.874. The second-order valence-electron chi connectivity index (χ2n) is 4.18. The molecule has 0 bridgehead atoms. The van der Waals surface area contributed by atoms with Gasteiger partial charge in [-0.1, -0.05) is 6.07 Å². The topological polar surface area (TPSA) is 66.6 Å². The van der Waals surface area contributed by atoms with Crippen LogP contribution in [-0.4, -0.2) is 19.2 Å². The van der Waals surface area contributed by atoms with Crippen LogP contribution in [0.2, 0.25) is 0 Å². The van der Waals surface area contributed by atoms with Crippen LogP contribution < -0.4 is 19.9 Å². The van der Waals surface area contributed by atoms with Crippen molar-refractivity contribution in [3.05, 3.63) is 47.7 Å². The van der Waals surface area contributed by atoms with E-state index in [2.05, 4.69) is 4.98 Å². The van der Waals surface area contributed by atoms with Gasteiger partial charge in [-0.25, -0.2) is 4.98 Å². The van der Waals surface area contributed by atoms with Crippen molar-refractivity contribution in [1.82, 2.24) is 4.98 Å². The zero-order chi connectivity index (χ0) is 14.4. The van der Waals surface area contributed by atoms with Gasteiger partial charge in [0.2, 0.25) is 5.88 Å². The molecule has 0 saturated carbocycles. The summed E-state index contributed by atoms with van der Waals surface area (Å²) in [5.41, 5.74) is 7.40. The fourth-order valence-electron chi connectivity index (χ4n) is 1.76. The number of benzene rings is 1. The summed E-state index contributed by atoms with van der Waals surface area (Å²) in [6.07, 6.45) is 0. The number of nitrogens with zero attached hydrogens (tertiary/aromatic N) is 1. The maximum atomic E-state index is 5.72. The minimum absolute atomic E-state index is 0.356. The van der Waals surface area contributed by atoms with Crippen LogP contribution in [0.5, 0.6) is 17.4 Å². The monoisotopic (exact) mass is 274 g/mol. The highest BCUT2D eigenvalue weighted by molar-refractivity contribution is 5.38. The van der Waals surface area contributed by atoms with E-state index in [-0.39, 0.29) is 0 Å². The first kappa shape index (κ1) is 14.1. The van der Waals surface area contributed by atoms with Gasteiger partial charge in [0.25, 0.3) is 0 Å². The van der Waals surface area contributed by atoms with E-state index in [0.717, 1.165) is 17.0 Å². The predicted octanol–water partition coefficient (Wildman–Crippen LogP) is 2.14. The fraction of sp³-hybridized carbons (Fsp3) is 0.267. The van der Waals surface area contributed by atoms with E-state index >= 15 is 0 Å². The van der Waals surface area contributed by atoms with Crippen LogP contribution in [0, 0.1) is 0 Å². The molecule has 5 nitrogen and oxygen atoms in total. The Labute approximate surface area is 118 Å². The summed E-state index contributed by atoms with van der Waals surface area (Å²) in [4.78, 5) is 4.29. The Kier molecular flexibility index (Phi) is 4.79. The highest BCUT2D eigenvalue weighted by Crippen LogP contribution is 2.23. The molecule has 2 rings (SSSR count). The number of hydrogen-bond donors (Lipinski definition) is 1. The Balaban J connectivity index is 2.09. The van der Waals surface area contributed by atoms with E-state index in [0.29, 0.717) is 24.8 Å². The Morgan fingerprint density at radius 3 is 2.55 bits per heavy atom. The lowest BCUT2D eigenvalue weighted by Gasteiger charge is -2.10. The van der Waals surface area contributed by atoms with E-state index < -0.39 is 0 Å². The van der Waals surface area contributed by atoms with Crippen LogP contribution in [0.1, 0.15) is 11.3 Å². The van der Waals surface area contributed by atoms with Crippen LogP contribution in [0.4, 0.5) is 0 Å². The first-order valence-electron chi connectivity index (χ1n) is 6.26. The third-order valence-corrected chi connectivity index (χ3v) is 2.79. The van der Waals surface area contributed by atoms with Crippen molar-refractivity contribution in [3.63, 3.8) is 0 Å². The molecule has 0 atom stereocenters. The summed E-state index contributed by atoms with van der Waals surface area (Å²) in [7, 11) is 3.20. The van der Waals surface area contributed by atoms with E-state index in [1.165, 1.54) is 0 Å². The number of rotatable bonds is 6. The summed E-state index contributed by atoms with van der Waals surface area (Å²) in [6.45, 7) is 0.791. The van der Waals surface area contributed by atoms with Gasteiger partial charge < -0.3 is 19.9 Å². The highest BCUT2D eigenvalue weighted by atomic mass is 16.5. The van der Waals surface area contributed by atoms with Crippen molar-refractivity contribution >= 4 is 0 Å². The molecule has 20 heavy (non-hydrogen) atoms. The standard InChI is InChI=1S/C15H18N2O3/c1-18-13-6-11(9-16)7-14(8-13)20-10-12-4-3-5-15(17-12)19-2/h3-8H,9-10,16H2,1-2H3.